The predicted octanol–water partition coefficient (Wildman–Crippen LogP) is 3.22. The molecule has 0 fully saturated rings. The highest BCUT2D eigenvalue weighted by Gasteiger charge is 2.29. The lowest BCUT2D eigenvalue weighted by molar-refractivity contribution is -0.144. The number of rotatable bonds is 8. The summed E-state index contributed by atoms with van der Waals surface area (Å²) in [5.41, 5.74) is 1.29. The number of carboxylic acid groups (broad SMARTS) is 1. The molecule has 0 saturated heterocycles. The molecule has 2 atom stereocenters. The predicted molar refractivity (Wildman–Crippen MR) is 89.0 cm³/mol. The number of benzene rings is 1. The highest BCUT2D eigenvalue weighted by atomic mass is 79.9. The van der Waals surface area contributed by atoms with Crippen molar-refractivity contribution in [3.63, 3.8) is 0 Å². The Morgan fingerprint density at radius 3 is 3.04 bits per heavy atom. The first-order valence-corrected chi connectivity index (χ1v) is 8.33. The van der Waals surface area contributed by atoms with Gasteiger partial charge in [-0.1, -0.05) is 34.4 Å². The quantitative estimate of drug-likeness (QED) is 0.695. The van der Waals surface area contributed by atoms with E-state index in [9.17, 15) is 4.79 Å². The Morgan fingerprint density at radius 2 is 2.35 bits per heavy atom. The van der Waals surface area contributed by atoms with E-state index in [1.165, 1.54) is 6.92 Å². The van der Waals surface area contributed by atoms with Gasteiger partial charge in [-0.15, -0.1) is 0 Å². The topological polar surface area (TPSA) is 77.3 Å². The minimum Gasteiger partial charge on any atom is -0.479 e. The zero-order valence-corrected chi connectivity index (χ0v) is 14.7. The smallest absolute Gasteiger partial charge is 0.344 e. The van der Waals surface area contributed by atoms with Gasteiger partial charge in [0, 0.05) is 16.6 Å². The van der Waals surface area contributed by atoms with Crippen LogP contribution in [0.1, 0.15) is 32.3 Å². The van der Waals surface area contributed by atoms with Crippen molar-refractivity contribution in [2.45, 2.75) is 38.9 Å². The number of aliphatic carboxylic acids is 1. The Labute approximate surface area is 143 Å². The summed E-state index contributed by atoms with van der Waals surface area (Å²) in [5, 5.41) is 13.1. The number of halogens is 1. The maximum absolute atomic E-state index is 11.0. The Kier molecular flexibility index (Phi) is 6.41. The third-order valence-corrected chi connectivity index (χ3v) is 3.87. The molecular formula is C16H20BrNO5. The summed E-state index contributed by atoms with van der Waals surface area (Å²) in [6.45, 7) is 4.55. The van der Waals surface area contributed by atoms with Crippen LogP contribution in [-0.2, 0) is 14.4 Å². The first kappa shape index (κ1) is 17.7. The van der Waals surface area contributed by atoms with Crippen LogP contribution in [0.25, 0.3) is 0 Å². The van der Waals surface area contributed by atoms with Gasteiger partial charge in [-0.3, -0.25) is 0 Å². The van der Waals surface area contributed by atoms with Gasteiger partial charge in [-0.2, -0.15) is 0 Å². The maximum Gasteiger partial charge on any atom is 0.344 e. The van der Waals surface area contributed by atoms with Crippen LogP contribution in [0.5, 0.6) is 5.75 Å². The summed E-state index contributed by atoms with van der Waals surface area (Å²) >= 11 is 3.41. The molecule has 6 nitrogen and oxygen atoms in total. The fourth-order valence-electron chi connectivity index (χ4n) is 2.08. The molecule has 0 radical (unpaired) electrons. The van der Waals surface area contributed by atoms with E-state index in [1.54, 1.807) is 12.1 Å². The van der Waals surface area contributed by atoms with Crippen LogP contribution in [0.3, 0.4) is 0 Å². The second-order valence-corrected chi connectivity index (χ2v) is 6.14. The van der Waals surface area contributed by atoms with Gasteiger partial charge in [-0.05, 0) is 31.5 Å². The fraction of sp³-hybridized carbons (Fsp3) is 0.500. The van der Waals surface area contributed by atoms with Crippen molar-refractivity contribution in [1.29, 1.82) is 0 Å². The van der Waals surface area contributed by atoms with Crippen LogP contribution in [0.2, 0.25) is 0 Å². The van der Waals surface area contributed by atoms with E-state index in [1.807, 2.05) is 6.07 Å². The third kappa shape index (κ3) is 4.68. The number of ether oxygens (including phenoxy) is 2. The lowest BCUT2D eigenvalue weighted by Gasteiger charge is -2.17. The largest absolute Gasteiger partial charge is 0.479 e. The maximum atomic E-state index is 11.0. The summed E-state index contributed by atoms with van der Waals surface area (Å²) in [4.78, 5) is 16.2. The van der Waals surface area contributed by atoms with Crippen LogP contribution in [0.15, 0.2) is 27.8 Å². The lowest BCUT2D eigenvalue weighted by atomic mass is 10.0. The molecule has 1 aliphatic heterocycles. The molecule has 0 bridgehead atoms. The van der Waals surface area contributed by atoms with Gasteiger partial charge >= 0.3 is 5.97 Å². The molecule has 1 heterocycles. The Bertz CT molecular complexity index is 590. The van der Waals surface area contributed by atoms with Crippen molar-refractivity contribution in [2.24, 2.45) is 5.16 Å². The van der Waals surface area contributed by atoms with Crippen LogP contribution < -0.4 is 4.74 Å². The van der Waals surface area contributed by atoms with E-state index in [0.29, 0.717) is 30.2 Å². The van der Waals surface area contributed by atoms with Crippen molar-refractivity contribution < 1.29 is 24.2 Å². The molecule has 1 aromatic rings. The molecule has 1 N–H and O–H groups in total. The molecule has 7 heteroatoms. The number of carboxylic acids is 1. The van der Waals surface area contributed by atoms with E-state index in [4.69, 9.17) is 19.4 Å². The average molecular weight is 386 g/mol. The Hall–Kier alpha value is -1.60. The number of nitrogens with zero attached hydrogens (tertiary/aromatic N) is 1. The normalized spacial score (nSPS) is 18.2. The highest BCUT2D eigenvalue weighted by molar-refractivity contribution is 9.10. The van der Waals surface area contributed by atoms with Gasteiger partial charge in [0.15, 0.2) is 6.10 Å². The summed E-state index contributed by atoms with van der Waals surface area (Å²) in [6.07, 6.45) is 0.763. The van der Waals surface area contributed by atoms with Crippen molar-refractivity contribution in [2.75, 3.05) is 13.2 Å². The van der Waals surface area contributed by atoms with Gasteiger partial charge < -0.3 is 19.4 Å². The standard InChI is InChI=1S/C16H20BrNO5/c1-3-4-7-21-14-9-22-18-15(14)12-8-11(17)5-6-13(12)23-10(2)16(19)20/h5-6,8,10,14H,3-4,7,9H2,1-2H3,(H,19,20)/t10-,14?/m0/s1. The van der Waals surface area contributed by atoms with Crippen LogP contribution >= 0.6 is 15.9 Å². The van der Waals surface area contributed by atoms with Crippen LogP contribution in [-0.4, -0.2) is 42.2 Å². The highest BCUT2D eigenvalue weighted by Crippen LogP contribution is 2.28. The monoisotopic (exact) mass is 385 g/mol. The molecule has 1 unspecified atom stereocenters. The number of carbonyl (C=O) groups is 1. The molecule has 0 spiro atoms. The molecule has 0 amide bonds. The molecule has 126 valence electrons. The zero-order valence-electron chi connectivity index (χ0n) is 13.1. The third-order valence-electron chi connectivity index (χ3n) is 3.38. The second kappa shape index (κ2) is 8.31. The fourth-order valence-corrected chi connectivity index (χ4v) is 2.44. The molecule has 0 aliphatic carbocycles. The van der Waals surface area contributed by atoms with Crippen LogP contribution in [0.4, 0.5) is 0 Å². The number of hydrogen-bond acceptors (Lipinski definition) is 5. The Morgan fingerprint density at radius 1 is 1.57 bits per heavy atom. The van der Waals surface area contributed by atoms with E-state index in [2.05, 4.69) is 28.0 Å². The molecule has 0 aromatic heterocycles. The van der Waals surface area contributed by atoms with Gasteiger partial charge in [0.1, 0.15) is 24.2 Å². The van der Waals surface area contributed by atoms with E-state index in [0.717, 1.165) is 17.3 Å². The van der Waals surface area contributed by atoms with Gasteiger partial charge in [0.25, 0.3) is 0 Å². The molecule has 2 rings (SSSR count). The van der Waals surface area contributed by atoms with Gasteiger partial charge in [0.05, 0.1) is 0 Å². The first-order chi connectivity index (χ1) is 11.0. The van der Waals surface area contributed by atoms with Crippen molar-refractivity contribution in [3.8, 4) is 5.75 Å². The first-order valence-electron chi connectivity index (χ1n) is 7.53. The summed E-state index contributed by atoms with van der Waals surface area (Å²) in [7, 11) is 0. The van der Waals surface area contributed by atoms with E-state index < -0.39 is 12.1 Å². The SMILES string of the molecule is CCCCOC1CON=C1c1cc(Br)ccc1O[C@@H](C)C(=O)O. The van der Waals surface area contributed by atoms with Crippen LogP contribution in [0, 0.1) is 0 Å². The van der Waals surface area contributed by atoms with Crippen molar-refractivity contribution in [3.05, 3.63) is 28.2 Å². The summed E-state index contributed by atoms with van der Waals surface area (Å²) in [5.74, 6) is -0.587. The van der Waals surface area contributed by atoms with Crippen molar-refractivity contribution >= 4 is 27.6 Å². The van der Waals surface area contributed by atoms with E-state index in [-0.39, 0.29) is 6.10 Å². The summed E-state index contributed by atoms with van der Waals surface area (Å²) in [6, 6.07) is 5.33. The molecule has 1 aliphatic rings. The number of hydrogen-bond donors (Lipinski definition) is 1. The molecule has 23 heavy (non-hydrogen) atoms. The number of unbranched alkanes of at least 4 members (excludes halogenated alkanes) is 1. The zero-order chi connectivity index (χ0) is 16.8. The minimum atomic E-state index is -1.03. The van der Waals surface area contributed by atoms with Crippen molar-refractivity contribution in [1.82, 2.24) is 0 Å². The minimum absolute atomic E-state index is 0.279. The lowest BCUT2D eigenvalue weighted by Crippen LogP contribution is -2.27. The second-order valence-electron chi connectivity index (χ2n) is 5.22. The molecule has 1 aromatic carbocycles. The average Bonchev–Trinajstić information content (AvgIpc) is 2.97. The Balaban J connectivity index is 2.22. The van der Waals surface area contributed by atoms with E-state index >= 15 is 0 Å². The molecule has 0 saturated carbocycles. The van der Waals surface area contributed by atoms with Gasteiger partial charge in [-0.25, -0.2) is 4.79 Å². The summed E-state index contributed by atoms with van der Waals surface area (Å²) < 4.78 is 12.2. The van der Waals surface area contributed by atoms with Gasteiger partial charge in [0.2, 0.25) is 0 Å². The molecular weight excluding hydrogens is 366 g/mol. The number of oxime groups is 1.